The van der Waals surface area contributed by atoms with Crippen molar-refractivity contribution >= 4 is 0 Å². The molecule has 1 heterocycles. The smallest absolute Gasteiger partial charge is 0.250 e. The van der Waals surface area contributed by atoms with Crippen LogP contribution in [0.1, 0.15) is 28.9 Å². The summed E-state index contributed by atoms with van der Waals surface area (Å²) in [5, 5.41) is 0. The van der Waals surface area contributed by atoms with Gasteiger partial charge in [0.25, 0.3) is 5.56 Å². The molecule has 0 radical (unpaired) electrons. The maximum Gasteiger partial charge on any atom is 0.250 e. The molecule has 0 bridgehead atoms. The molecule has 0 saturated heterocycles. The number of aromatic amines is 1. The second kappa shape index (κ2) is 4.17. The van der Waals surface area contributed by atoms with Crippen LogP contribution in [0, 0.1) is 0 Å². The molecule has 0 aliphatic heterocycles. The SMILES string of the molecule is O=c1ccnc(Cc2ccc3c(c2)CCC3)[nH]1. The second-order valence-corrected chi connectivity index (χ2v) is 4.51. The molecule has 0 atom stereocenters. The molecule has 0 spiro atoms. The van der Waals surface area contributed by atoms with Gasteiger partial charge in [-0.1, -0.05) is 18.2 Å². The van der Waals surface area contributed by atoms with E-state index in [9.17, 15) is 4.79 Å². The first-order chi connectivity index (χ1) is 8.31. The Morgan fingerprint density at radius 1 is 1.18 bits per heavy atom. The largest absolute Gasteiger partial charge is 0.310 e. The van der Waals surface area contributed by atoms with E-state index in [1.807, 2.05) is 0 Å². The Morgan fingerprint density at radius 2 is 2.06 bits per heavy atom. The van der Waals surface area contributed by atoms with E-state index < -0.39 is 0 Å². The Labute approximate surface area is 99.5 Å². The third kappa shape index (κ3) is 2.13. The molecule has 0 amide bonds. The van der Waals surface area contributed by atoms with Crippen molar-refractivity contribution in [2.45, 2.75) is 25.7 Å². The van der Waals surface area contributed by atoms with Gasteiger partial charge >= 0.3 is 0 Å². The van der Waals surface area contributed by atoms with Crippen molar-refractivity contribution in [3.63, 3.8) is 0 Å². The Balaban J connectivity index is 1.88. The summed E-state index contributed by atoms with van der Waals surface area (Å²) in [4.78, 5) is 18.1. The quantitative estimate of drug-likeness (QED) is 0.849. The lowest BCUT2D eigenvalue weighted by atomic mass is 10.0. The summed E-state index contributed by atoms with van der Waals surface area (Å²) in [7, 11) is 0. The van der Waals surface area contributed by atoms with Crippen LogP contribution in [0.15, 0.2) is 35.3 Å². The second-order valence-electron chi connectivity index (χ2n) is 4.51. The van der Waals surface area contributed by atoms with Crippen molar-refractivity contribution < 1.29 is 0 Å². The molecule has 17 heavy (non-hydrogen) atoms. The van der Waals surface area contributed by atoms with E-state index in [1.54, 1.807) is 6.20 Å². The Kier molecular flexibility index (Phi) is 2.52. The predicted molar refractivity (Wildman–Crippen MR) is 66.1 cm³/mol. The highest BCUT2D eigenvalue weighted by Crippen LogP contribution is 2.23. The zero-order valence-electron chi connectivity index (χ0n) is 9.57. The zero-order chi connectivity index (χ0) is 11.7. The van der Waals surface area contributed by atoms with Gasteiger partial charge in [0.05, 0.1) is 0 Å². The highest BCUT2D eigenvalue weighted by atomic mass is 16.1. The number of benzene rings is 1. The average molecular weight is 226 g/mol. The number of aromatic nitrogens is 2. The number of aryl methyl sites for hydroxylation is 2. The fourth-order valence-corrected chi connectivity index (χ4v) is 2.43. The number of hydrogen-bond acceptors (Lipinski definition) is 2. The van der Waals surface area contributed by atoms with Crippen LogP contribution >= 0.6 is 0 Å². The number of rotatable bonds is 2. The number of nitrogens with zero attached hydrogens (tertiary/aromatic N) is 1. The van der Waals surface area contributed by atoms with Crippen LogP contribution in [0.25, 0.3) is 0 Å². The minimum Gasteiger partial charge on any atom is -0.310 e. The maximum atomic E-state index is 11.2. The standard InChI is InChI=1S/C14H14N2O/c17-14-6-7-15-13(16-14)9-10-4-5-11-2-1-3-12(11)8-10/h4-8H,1-3,9H2,(H,15,16,17). The van der Waals surface area contributed by atoms with E-state index in [1.165, 1.54) is 42.0 Å². The summed E-state index contributed by atoms with van der Waals surface area (Å²) < 4.78 is 0. The van der Waals surface area contributed by atoms with Gasteiger partial charge in [-0.2, -0.15) is 0 Å². The Morgan fingerprint density at radius 3 is 2.94 bits per heavy atom. The first-order valence-electron chi connectivity index (χ1n) is 5.96. The van der Waals surface area contributed by atoms with Crippen molar-refractivity contribution in [3.8, 4) is 0 Å². The molecule has 1 aromatic heterocycles. The summed E-state index contributed by atoms with van der Waals surface area (Å²) in [6.45, 7) is 0. The Bertz CT molecular complexity index is 601. The zero-order valence-corrected chi connectivity index (χ0v) is 9.57. The predicted octanol–water partition coefficient (Wildman–Crippen LogP) is 1.85. The fraction of sp³-hybridized carbons (Fsp3) is 0.286. The summed E-state index contributed by atoms with van der Waals surface area (Å²) in [6.07, 6.45) is 5.90. The van der Waals surface area contributed by atoms with Gasteiger partial charge < -0.3 is 4.98 Å². The molecule has 1 aromatic carbocycles. The van der Waals surface area contributed by atoms with Crippen LogP contribution in [-0.4, -0.2) is 9.97 Å². The Hall–Kier alpha value is -1.90. The highest BCUT2D eigenvalue weighted by Gasteiger charge is 2.11. The molecule has 1 aliphatic carbocycles. The lowest BCUT2D eigenvalue weighted by molar-refractivity contribution is 0.910. The van der Waals surface area contributed by atoms with E-state index in [-0.39, 0.29) is 5.56 Å². The normalized spacial score (nSPS) is 13.6. The van der Waals surface area contributed by atoms with Crippen molar-refractivity contribution in [1.29, 1.82) is 0 Å². The molecule has 2 aromatic rings. The average Bonchev–Trinajstić information content (AvgIpc) is 2.76. The maximum absolute atomic E-state index is 11.2. The summed E-state index contributed by atoms with van der Waals surface area (Å²) >= 11 is 0. The first-order valence-corrected chi connectivity index (χ1v) is 5.96. The first kappa shape index (κ1) is 10.3. The molecule has 3 rings (SSSR count). The van der Waals surface area contributed by atoms with E-state index in [0.29, 0.717) is 6.42 Å². The van der Waals surface area contributed by atoms with Crippen LogP contribution in [0.5, 0.6) is 0 Å². The molecule has 0 saturated carbocycles. The molecule has 0 fully saturated rings. The molecule has 3 nitrogen and oxygen atoms in total. The van der Waals surface area contributed by atoms with Crippen LogP contribution in [0.3, 0.4) is 0 Å². The van der Waals surface area contributed by atoms with Crippen LogP contribution in [-0.2, 0) is 19.3 Å². The van der Waals surface area contributed by atoms with E-state index in [2.05, 4.69) is 28.2 Å². The third-order valence-corrected chi connectivity index (χ3v) is 3.26. The van der Waals surface area contributed by atoms with E-state index in [0.717, 1.165) is 5.82 Å². The van der Waals surface area contributed by atoms with Gasteiger partial charge in [0.2, 0.25) is 0 Å². The summed E-state index contributed by atoms with van der Waals surface area (Å²) in [6, 6.07) is 8.03. The van der Waals surface area contributed by atoms with Gasteiger partial charge in [-0.15, -0.1) is 0 Å². The van der Waals surface area contributed by atoms with Crippen molar-refractivity contribution in [1.82, 2.24) is 9.97 Å². The monoisotopic (exact) mass is 226 g/mol. The summed E-state index contributed by atoms with van der Waals surface area (Å²) in [5.74, 6) is 0.732. The van der Waals surface area contributed by atoms with Crippen molar-refractivity contribution in [3.05, 3.63) is 63.3 Å². The highest BCUT2D eigenvalue weighted by molar-refractivity contribution is 5.36. The van der Waals surface area contributed by atoms with Crippen LogP contribution < -0.4 is 5.56 Å². The fourth-order valence-electron chi connectivity index (χ4n) is 2.43. The molecule has 86 valence electrons. The number of nitrogens with one attached hydrogen (secondary N) is 1. The van der Waals surface area contributed by atoms with E-state index >= 15 is 0 Å². The van der Waals surface area contributed by atoms with Gasteiger partial charge in [0.15, 0.2) is 0 Å². The minimum absolute atomic E-state index is 0.0869. The van der Waals surface area contributed by atoms with Crippen LogP contribution in [0.2, 0.25) is 0 Å². The van der Waals surface area contributed by atoms with Gasteiger partial charge in [-0.3, -0.25) is 4.79 Å². The van der Waals surface area contributed by atoms with Gasteiger partial charge in [-0.05, 0) is 36.0 Å². The van der Waals surface area contributed by atoms with Crippen molar-refractivity contribution in [2.75, 3.05) is 0 Å². The molecular formula is C14H14N2O. The minimum atomic E-state index is -0.0869. The van der Waals surface area contributed by atoms with Crippen LogP contribution in [0.4, 0.5) is 0 Å². The number of H-pyrrole nitrogens is 1. The molecule has 0 unspecified atom stereocenters. The lowest BCUT2D eigenvalue weighted by Crippen LogP contribution is -2.09. The molecule has 1 N–H and O–H groups in total. The number of fused-ring (bicyclic) bond motifs is 1. The van der Waals surface area contributed by atoms with E-state index in [4.69, 9.17) is 0 Å². The third-order valence-electron chi connectivity index (χ3n) is 3.26. The van der Waals surface area contributed by atoms with Gasteiger partial charge in [0, 0.05) is 18.7 Å². The summed E-state index contributed by atoms with van der Waals surface area (Å²) in [5.41, 5.74) is 4.07. The lowest BCUT2D eigenvalue weighted by Gasteiger charge is -2.04. The van der Waals surface area contributed by atoms with Crippen molar-refractivity contribution in [2.24, 2.45) is 0 Å². The van der Waals surface area contributed by atoms with Gasteiger partial charge in [0.1, 0.15) is 5.82 Å². The molecule has 1 aliphatic rings. The molecular weight excluding hydrogens is 212 g/mol. The topological polar surface area (TPSA) is 45.8 Å². The number of hydrogen-bond donors (Lipinski definition) is 1. The van der Waals surface area contributed by atoms with Gasteiger partial charge in [-0.25, -0.2) is 4.98 Å². The molecule has 3 heteroatoms.